The molecule has 0 aromatic heterocycles. The van der Waals surface area contributed by atoms with E-state index in [2.05, 4.69) is 37.6 Å². The van der Waals surface area contributed by atoms with Gasteiger partial charge in [-0.05, 0) is 56.8 Å². The monoisotopic (exact) mass is 348 g/mol. The third-order valence-electron chi connectivity index (χ3n) is 6.75. The van der Waals surface area contributed by atoms with Crippen LogP contribution in [0.3, 0.4) is 0 Å². The van der Waals surface area contributed by atoms with Gasteiger partial charge in [0, 0.05) is 26.1 Å². The Morgan fingerprint density at radius 1 is 0.960 bits per heavy atom. The highest BCUT2D eigenvalue weighted by molar-refractivity contribution is 5.84. The van der Waals surface area contributed by atoms with Gasteiger partial charge in [0.2, 0.25) is 0 Å². The molecule has 0 amide bonds. The molecule has 0 bridgehead atoms. The number of likely N-dealkylation sites (tertiary alicyclic amines) is 1. The fraction of sp³-hybridized carbons (Fsp3) is 0.957. The Labute approximate surface area is 157 Å². The molecule has 25 heavy (non-hydrogen) atoms. The molecule has 0 aromatic rings. The predicted molar refractivity (Wildman–Crippen MR) is 111 cm³/mol. The van der Waals surface area contributed by atoms with Crippen LogP contribution in [0.4, 0.5) is 0 Å². The number of rotatable bonds is 3. The molecule has 2 aliphatic rings. The maximum Gasteiger partial charge on any atom is 0.0991 e. The number of aliphatic imine (C=N–C) groups is 1. The van der Waals surface area contributed by atoms with E-state index >= 15 is 0 Å². The summed E-state index contributed by atoms with van der Waals surface area (Å²) >= 11 is 0. The van der Waals surface area contributed by atoms with Crippen molar-refractivity contribution in [2.75, 3.05) is 13.6 Å². The second-order valence-electron chi connectivity index (χ2n) is 9.92. The Kier molecular flexibility index (Phi) is 8.29. The molecule has 2 unspecified atom stereocenters. The summed E-state index contributed by atoms with van der Waals surface area (Å²) in [4.78, 5) is 7.13. The van der Waals surface area contributed by atoms with E-state index in [1.165, 1.54) is 89.4 Å². The van der Waals surface area contributed by atoms with Gasteiger partial charge in [-0.3, -0.25) is 4.99 Å². The maximum atomic E-state index is 4.58. The Morgan fingerprint density at radius 3 is 2.28 bits per heavy atom. The average molecular weight is 349 g/mol. The molecule has 2 rings (SSSR count). The third kappa shape index (κ3) is 6.94. The lowest BCUT2D eigenvalue weighted by Gasteiger charge is -2.29. The van der Waals surface area contributed by atoms with E-state index in [0.717, 1.165) is 11.8 Å². The van der Waals surface area contributed by atoms with Crippen molar-refractivity contribution in [3.63, 3.8) is 0 Å². The quantitative estimate of drug-likeness (QED) is 0.554. The van der Waals surface area contributed by atoms with Crippen molar-refractivity contribution in [2.45, 2.75) is 111 Å². The van der Waals surface area contributed by atoms with Crippen molar-refractivity contribution in [2.24, 2.45) is 22.2 Å². The highest BCUT2D eigenvalue weighted by Gasteiger charge is 2.31. The molecule has 1 saturated heterocycles. The van der Waals surface area contributed by atoms with E-state index in [9.17, 15) is 0 Å². The summed E-state index contributed by atoms with van der Waals surface area (Å²) in [7, 11) is 1.98. The van der Waals surface area contributed by atoms with Crippen LogP contribution in [0.2, 0.25) is 0 Å². The summed E-state index contributed by atoms with van der Waals surface area (Å²) in [5.74, 6) is 3.13. The molecule has 1 heterocycles. The van der Waals surface area contributed by atoms with E-state index < -0.39 is 0 Å². The van der Waals surface area contributed by atoms with Gasteiger partial charge in [-0.2, -0.15) is 0 Å². The summed E-state index contributed by atoms with van der Waals surface area (Å²) in [6.45, 7) is 10.9. The van der Waals surface area contributed by atoms with Crippen LogP contribution in [0.5, 0.6) is 0 Å². The number of nitrogens with zero attached hydrogens (tertiary/aromatic N) is 2. The summed E-state index contributed by atoms with van der Waals surface area (Å²) in [5.41, 5.74) is 0.549. The van der Waals surface area contributed by atoms with Crippen molar-refractivity contribution < 1.29 is 0 Å². The standard InChI is InChI=1S/C23H44N2/c1-19(2)25-18-21(17-22(25)24-5)16-20-12-10-8-6-7-9-11-14-23(3,4)15-13-20/h19-21H,6-18H2,1-5H3. The highest BCUT2D eigenvalue weighted by Crippen LogP contribution is 2.36. The second kappa shape index (κ2) is 9.97. The van der Waals surface area contributed by atoms with Gasteiger partial charge < -0.3 is 4.90 Å². The highest BCUT2D eigenvalue weighted by atomic mass is 15.2. The summed E-state index contributed by atoms with van der Waals surface area (Å²) < 4.78 is 0. The molecular formula is C23H44N2. The molecule has 0 radical (unpaired) electrons. The zero-order valence-electron chi connectivity index (χ0n) is 17.8. The lowest BCUT2D eigenvalue weighted by atomic mass is 9.77. The molecule has 1 saturated carbocycles. The first-order valence-corrected chi connectivity index (χ1v) is 11.1. The van der Waals surface area contributed by atoms with Crippen LogP contribution >= 0.6 is 0 Å². The van der Waals surface area contributed by atoms with Gasteiger partial charge in [-0.15, -0.1) is 0 Å². The van der Waals surface area contributed by atoms with Gasteiger partial charge in [0.1, 0.15) is 0 Å². The molecule has 146 valence electrons. The zero-order valence-corrected chi connectivity index (χ0v) is 17.8. The lowest BCUT2D eigenvalue weighted by molar-refractivity contribution is 0.228. The van der Waals surface area contributed by atoms with Gasteiger partial charge in [0.05, 0.1) is 5.84 Å². The fourth-order valence-corrected chi connectivity index (χ4v) is 5.02. The minimum absolute atomic E-state index is 0.549. The van der Waals surface area contributed by atoms with Crippen molar-refractivity contribution in [1.29, 1.82) is 0 Å². The van der Waals surface area contributed by atoms with Gasteiger partial charge in [-0.1, -0.05) is 58.8 Å². The first kappa shape index (κ1) is 20.8. The molecule has 1 aliphatic carbocycles. The van der Waals surface area contributed by atoms with E-state index in [4.69, 9.17) is 0 Å². The molecule has 0 N–H and O–H groups in total. The normalized spacial score (nSPS) is 31.1. The fourth-order valence-electron chi connectivity index (χ4n) is 5.02. The third-order valence-corrected chi connectivity index (χ3v) is 6.75. The topological polar surface area (TPSA) is 15.6 Å². The Balaban J connectivity index is 1.92. The largest absolute Gasteiger partial charge is 0.358 e. The van der Waals surface area contributed by atoms with Crippen molar-refractivity contribution in [3.8, 4) is 0 Å². The van der Waals surface area contributed by atoms with E-state index in [1.807, 2.05) is 7.05 Å². The first-order chi connectivity index (χ1) is 11.9. The minimum Gasteiger partial charge on any atom is -0.358 e. The average Bonchev–Trinajstić information content (AvgIpc) is 2.97. The van der Waals surface area contributed by atoms with Crippen molar-refractivity contribution in [3.05, 3.63) is 0 Å². The van der Waals surface area contributed by atoms with Gasteiger partial charge in [0.25, 0.3) is 0 Å². The number of hydrogen-bond donors (Lipinski definition) is 0. The summed E-state index contributed by atoms with van der Waals surface area (Å²) in [6, 6.07) is 0.596. The van der Waals surface area contributed by atoms with E-state index in [0.29, 0.717) is 11.5 Å². The Morgan fingerprint density at radius 2 is 1.64 bits per heavy atom. The van der Waals surface area contributed by atoms with Crippen LogP contribution in [-0.2, 0) is 0 Å². The van der Waals surface area contributed by atoms with E-state index in [-0.39, 0.29) is 0 Å². The molecule has 1 aliphatic heterocycles. The maximum absolute atomic E-state index is 4.58. The molecule has 0 aromatic carbocycles. The molecule has 2 nitrogen and oxygen atoms in total. The number of amidine groups is 1. The molecule has 0 spiro atoms. The first-order valence-electron chi connectivity index (χ1n) is 11.1. The molecule has 2 atom stereocenters. The Bertz CT molecular complexity index is 410. The molecular weight excluding hydrogens is 304 g/mol. The smallest absolute Gasteiger partial charge is 0.0991 e. The van der Waals surface area contributed by atoms with Gasteiger partial charge >= 0.3 is 0 Å². The second-order valence-corrected chi connectivity index (χ2v) is 9.92. The number of hydrogen-bond acceptors (Lipinski definition) is 1. The van der Waals surface area contributed by atoms with Gasteiger partial charge in [-0.25, -0.2) is 0 Å². The minimum atomic E-state index is 0.549. The van der Waals surface area contributed by atoms with Crippen LogP contribution in [0.15, 0.2) is 4.99 Å². The molecule has 2 fully saturated rings. The summed E-state index contributed by atoms with van der Waals surface area (Å²) in [5, 5.41) is 0. The van der Waals surface area contributed by atoms with E-state index in [1.54, 1.807) is 0 Å². The zero-order chi connectivity index (χ0) is 18.3. The molecule has 2 heteroatoms. The van der Waals surface area contributed by atoms with Crippen LogP contribution in [0.1, 0.15) is 105 Å². The predicted octanol–water partition coefficient (Wildman–Crippen LogP) is 6.69. The van der Waals surface area contributed by atoms with Crippen LogP contribution < -0.4 is 0 Å². The SMILES string of the molecule is CN=C1CC(CC2CCCCCCCCC(C)(C)CC2)CN1C(C)C. The van der Waals surface area contributed by atoms with Crippen LogP contribution in [0, 0.1) is 17.3 Å². The van der Waals surface area contributed by atoms with Crippen molar-refractivity contribution >= 4 is 5.84 Å². The van der Waals surface area contributed by atoms with Gasteiger partial charge in [0.15, 0.2) is 0 Å². The summed E-state index contributed by atoms with van der Waals surface area (Å²) in [6.07, 6.45) is 17.2. The van der Waals surface area contributed by atoms with Crippen LogP contribution in [0.25, 0.3) is 0 Å². The van der Waals surface area contributed by atoms with Crippen molar-refractivity contribution in [1.82, 2.24) is 4.90 Å². The lowest BCUT2D eigenvalue weighted by Crippen LogP contribution is -2.32. The Hall–Kier alpha value is -0.530. The van der Waals surface area contributed by atoms with Crippen LogP contribution in [-0.4, -0.2) is 30.4 Å².